The molecule has 0 amide bonds. The summed E-state index contributed by atoms with van der Waals surface area (Å²) in [7, 11) is -3.50. The minimum atomic E-state index is -3.50. The molecule has 0 spiro atoms. The van der Waals surface area contributed by atoms with Crippen molar-refractivity contribution in [3.63, 3.8) is 0 Å². The fraction of sp³-hybridized carbons (Fsp3) is 0.500. The predicted molar refractivity (Wildman–Crippen MR) is 86.9 cm³/mol. The van der Waals surface area contributed by atoms with E-state index in [1.807, 2.05) is 6.92 Å². The third kappa shape index (κ3) is 3.48. The zero-order valence-electron chi connectivity index (χ0n) is 11.0. The summed E-state index contributed by atoms with van der Waals surface area (Å²) in [5, 5.41) is 0.499. The summed E-state index contributed by atoms with van der Waals surface area (Å²) in [6.45, 7) is 3.46. The third-order valence-electron chi connectivity index (χ3n) is 3.53. The number of hydrogen-bond donors (Lipinski definition) is 1. The summed E-state index contributed by atoms with van der Waals surface area (Å²) < 4.78 is 27.1. The first-order valence-corrected chi connectivity index (χ1v) is 8.55. The quantitative estimate of drug-likeness (QED) is 0.843. The van der Waals surface area contributed by atoms with Gasteiger partial charge in [-0.2, -0.15) is 4.31 Å². The molecule has 20 heavy (non-hydrogen) atoms. The summed E-state index contributed by atoms with van der Waals surface area (Å²) in [4.78, 5) is 0.248. The van der Waals surface area contributed by atoms with Crippen LogP contribution < -0.4 is 5.73 Å². The van der Waals surface area contributed by atoms with E-state index in [4.69, 9.17) is 17.3 Å². The second-order valence-corrected chi connectivity index (χ2v) is 8.38. The largest absolute Gasteiger partial charge is 0.330 e. The fourth-order valence-electron chi connectivity index (χ4n) is 2.17. The van der Waals surface area contributed by atoms with Crippen molar-refractivity contribution in [2.75, 3.05) is 19.6 Å². The molecule has 2 N–H and O–H groups in total. The maximum Gasteiger partial charge on any atom is 0.244 e. The first-order valence-electron chi connectivity index (χ1n) is 5.94. The Morgan fingerprint density at radius 3 is 2.65 bits per heavy atom. The standard InChI is InChI=1S/C12H16BrClN2O2S.ClH/c1-12(7-15)4-5-16(8-12)19(17,18)11-3-2-9(14)6-10(11)13;/h2-3,6H,4-5,7-8,15H2,1H3;1H. The van der Waals surface area contributed by atoms with Gasteiger partial charge in [-0.15, -0.1) is 12.4 Å². The van der Waals surface area contributed by atoms with Crippen molar-refractivity contribution in [1.82, 2.24) is 4.31 Å². The van der Waals surface area contributed by atoms with Gasteiger partial charge in [0.05, 0.1) is 4.90 Å². The number of hydrogen-bond acceptors (Lipinski definition) is 3. The molecule has 0 aliphatic carbocycles. The highest BCUT2D eigenvalue weighted by molar-refractivity contribution is 9.10. The Balaban J connectivity index is 0.00000200. The molecule has 2 rings (SSSR count). The van der Waals surface area contributed by atoms with E-state index >= 15 is 0 Å². The Kier molecular flexibility index (Phi) is 5.92. The van der Waals surface area contributed by atoms with Crippen LogP contribution in [0.1, 0.15) is 13.3 Å². The van der Waals surface area contributed by atoms with Gasteiger partial charge in [0, 0.05) is 22.6 Å². The van der Waals surface area contributed by atoms with Crippen LogP contribution in [-0.4, -0.2) is 32.4 Å². The molecule has 0 saturated carbocycles. The van der Waals surface area contributed by atoms with Crippen LogP contribution in [0.25, 0.3) is 0 Å². The van der Waals surface area contributed by atoms with Gasteiger partial charge in [0.25, 0.3) is 0 Å². The van der Waals surface area contributed by atoms with Gasteiger partial charge in [-0.1, -0.05) is 18.5 Å². The molecule has 1 saturated heterocycles. The average molecular weight is 404 g/mol. The SMILES string of the molecule is CC1(CN)CCN(S(=O)(=O)c2ccc(Cl)cc2Br)C1.Cl. The van der Waals surface area contributed by atoms with Crippen LogP contribution in [0.5, 0.6) is 0 Å². The molecule has 1 atom stereocenters. The molecule has 1 aromatic carbocycles. The van der Waals surface area contributed by atoms with Crippen molar-refractivity contribution in [1.29, 1.82) is 0 Å². The second-order valence-electron chi connectivity index (χ2n) is 5.18. The number of benzene rings is 1. The lowest BCUT2D eigenvalue weighted by atomic mass is 9.90. The predicted octanol–water partition coefficient (Wildman–Crippen LogP) is 2.88. The Morgan fingerprint density at radius 2 is 2.15 bits per heavy atom. The molecule has 8 heteroatoms. The first kappa shape index (κ1) is 18.2. The van der Waals surface area contributed by atoms with Crippen molar-refractivity contribution in [2.45, 2.75) is 18.2 Å². The minimum absolute atomic E-state index is 0. The van der Waals surface area contributed by atoms with Gasteiger partial charge in [-0.3, -0.25) is 0 Å². The summed E-state index contributed by atoms with van der Waals surface area (Å²) in [5.41, 5.74) is 5.58. The Bertz CT molecular complexity index is 597. The zero-order valence-corrected chi connectivity index (χ0v) is 14.9. The van der Waals surface area contributed by atoms with Crippen molar-refractivity contribution >= 4 is 50.0 Å². The van der Waals surface area contributed by atoms with E-state index in [0.717, 1.165) is 6.42 Å². The van der Waals surface area contributed by atoms with Crippen LogP contribution in [-0.2, 0) is 10.0 Å². The van der Waals surface area contributed by atoms with Crippen LogP contribution in [0, 0.1) is 5.41 Å². The zero-order chi connectivity index (χ0) is 14.3. The average Bonchev–Trinajstić information content (AvgIpc) is 2.73. The number of rotatable bonds is 3. The fourth-order valence-corrected chi connectivity index (χ4v) is 5.11. The van der Waals surface area contributed by atoms with E-state index < -0.39 is 10.0 Å². The highest BCUT2D eigenvalue weighted by Crippen LogP contribution is 2.35. The molecule has 114 valence electrons. The van der Waals surface area contributed by atoms with Gasteiger partial charge in [0.2, 0.25) is 10.0 Å². The molecule has 0 radical (unpaired) electrons. The molecule has 1 aliphatic rings. The molecule has 1 aromatic rings. The maximum atomic E-state index is 12.6. The third-order valence-corrected chi connectivity index (χ3v) is 6.58. The van der Waals surface area contributed by atoms with Crippen LogP contribution in [0.2, 0.25) is 5.02 Å². The van der Waals surface area contributed by atoms with Crippen LogP contribution in [0.3, 0.4) is 0 Å². The number of halogens is 3. The van der Waals surface area contributed by atoms with Gasteiger partial charge in [-0.25, -0.2) is 8.42 Å². The molecular formula is C12H17BrCl2N2O2S. The van der Waals surface area contributed by atoms with E-state index in [2.05, 4.69) is 15.9 Å². The van der Waals surface area contributed by atoms with Gasteiger partial charge in [-0.05, 0) is 52.5 Å². The van der Waals surface area contributed by atoms with Crippen molar-refractivity contribution in [3.8, 4) is 0 Å². The summed E-state index contributed by atoms with van der Waals surface area (Å²) in [6, 6.07) is 4.70. The lowest BCUT2D eigenvalue weighted by Crippen LogP contribution is -2.34. The normalized spacial score (nSPS) is 23.6. The second kappa shape index (κ2) is 6.50. The van der Waals surface area contributed by atoms with E-state index in [0.29, 0.717) is 29.1 Å². The molecule has 1 aliphatic heterocycles. The molecule has 0 bridgehead atoms. The summed E-state index contributed by atoms with van der Waals surface area (Å²) in [5.74, 6) is 0. The molecule has 0 aromatic heterocycles. The van der Waals surface area contributed by atoms with Crippen LogP contribution in [0.15, 0.2) is 27.6 Å². The van der Waals surface area contributed by atoms with Gasteiger partial charge in [0.15, 0.2) is 0 Å². The van der Waals surface area contributed by atoms with Crippen molar-refractivity contribution < 1.29 is 8.42 Å². The van der Waals surface area contributed by atoms with Gasteiger partial charge in [0.1, 0.15) is 0 Å². The lowest BCUT2D eigenvalue weighted by Gasteiger charge is -2.22. The van der Waals surface area contributed by atoms with Crippen molar-refractivity contribution in [3.05, 3.63) is 27.7 Å². The van der Waals surface area contributed by atoms with E-state index in [9.17, 15) is 8.42 Å². The topological polar surface area (TPSA) is 63.4 Å². The Morgan fingerprint density at radius 1 is 1.50 bits per heavy atom. The highest BCUT2D eigenvalue weighted by Gasteiger charge is 2.39. The Hall–Kier alpha value is 0.150. The monoisotopic (exact) mass is 402 g/mol. The minimum Gasteiger partial charge on any atom is -0.330 e. The van der Waals surface area contributed by atoms with E-state index in [1.165, 1.54) is 10.4 Å². The molecule has 1 heterocycles. The van der Waals surface area contributed by atoms with Crippen molar-refractivity contribution in [2.24, 2.45) is 11.1 Å². The van der Waals surface area contributed by atoms with Gasteiger partial charge < -0.3 is 5.73 Å². The number of sulfonamides is 1. The van der Waals surface area contributed by atoms with Gasteiger partial charge >= 0.3 is 0 Å². The van der Waals surface area contributed by atoms with E-state index in [-0.39, 0.29) is 22.7 Å². The number of nitrogens with zero attached hydrogens (tertiary/aromatic N) is 1. The maximum absolute atomic E-state index is 12.6. The highest BCUT2D eigenvalue weighted by atomic mass is 79.9. The van der Waals surface area contributed by atoms with Crippen LogP contribution in [0.4, 0.5) is 0 Å². The molecule has 1 fully saturated rings. The number of nitrogens with two attached hydrogens (primary N) is 1. The Labute approximate surface area is 139 Å². The lowest BCUT2D eigenvalue weighted by molar-refractivity contribution is 0.349. The summed E-state index contributed by atoms with van der Waals surface area (Å²) >= 11 is 9.10. The van der Waals surface area contributed by atoms with Crippen LogP contribution >= 0.6 is 39.9 Å². The molecule has 1 unspecified atom stereocenters. The van der Waals surface area contributed by atoms with E-state index in [1.54, 1.807) is 12.1 Å². The first-order chi connectivity index (χ1) is 8.78. The summed E-state index contributed by atoms with van der Waals surface area (Å²) in [6.07, 6.45) is 0.786. The molecule has 4 nitrogen and oxygen atoms in total. The molecular weight excluding hydrogens is 387 g/mol. The smallest absolute Gasteiger partial charge is 0.244 e.